The zero-order valence-corrected chi connectivity index (χ0v) is 14.7. The van der Waals surface area contributed by atoms with Crippen molar-refractivity contribution in [2.75, 3.05) is 14.2 Å². The van der Waals surface area contributed by atoms with Crippen LogP contribution in [0.3, 0.4) is 0 Å². The van der Waals surface area contributed by atoms with Crippen LogP contribution in [0, 0.1) is 0 Å². The second kappa shape index (κ2) is 6.99. The van der Waals surface area contributed by atoms with E-state index in [4.69, 9.17) is 9.47 Å². The number of hydrogen-bond acceptors (Lipinski definition) is 6. The van der Waals surface area contributed by atoms with Crippen LogP contribution in [0.15, 0.2) is 30.3 Å². The Balaban J connectivity index is 2.09. The maximum Gasteiger partial charge on any atom is 0.490 e. The zero-order chi connectivity index (χ0) is 20.6. The van der Waals surface area contributed by atoms with E-state index < -0.39 is 30.3 Å². The van der Waals surface area contributed by atoms with Gasteiger partial charge in [-0.2, -0.15) is 13.2 Å². The van der Waals surface area contributed by atoms with Crippen LogP contribution in [-0.2, 0) is 16.1 Å². The summed E-state index contributed by atoms with van der Waals surface area (Å²) in [6.07, 6.45) is -5.15. The molecule has 0 heterocycles. The van der Waals surface area contributed by atoms with Gasteiger partial charge in [-0.25, -0.2) is 4.79 Å². The first-order valence-corrected chi connectivity index (χ1v) is 7.91. The highest BCUT2D eigenvalue weighted by atomic mass is 19.4. The number of rotatable bonds is 4. The van der Waals surface area contributed by atoms with E-state index in [1.807, 2.05) is 0 Å². The third-order valence-corrected chi connectivity index (χ3v) is 4.22. The summed E-state index contributed by atoms with van der Waals surface area (Å²) in [5.41, 5.74) is 0.109. The minimum atomic E-state index is -5.15. The number of methoxy groups -OCH3 is 2. The van der Waals surface area contributed by atoms with Gasteiger partial charge in [0.25, 0.3) is 0 Å². The molecule has 0 bridgehead atoms. The molecule has 6 nitrogen and oxygen atoms in total. The SMILES string of the molecule is COc1cccc2c1C(=O)c1c(ccc(COC(=O)C(F)(F)F)c1OC)C2=O. The maximum atomic E-state index is 13.1. The number of carbonyl (C=O) groups is 3. The molecule has 9 heteroatoms. The molecule has 0 unspecified atom stereocenters. The van der Waals surface area contributed by atoms with Crippen LogP contribution in [-0.4, -0.2) is 37.9 Å². The van der Waals surface area contributed by atoms with Crippen molar-refractivity contribution in [3.8, 4) is 11.5 Å². The predicted octanol–water partition coefficient (Wildman–Crippen LogP) is 3.08. The van der Waals surface area contributed by atoms with Crippen LogP contribution >= 0.6 is 0 Å². The molecule has 0 atom stereocenters. The Morgan fingerprint density at radius 3 is 2.21 bits per heavy atom. The number of hydrogen-bond donors (Lipinski definition) is 0. The number of ketones is 2. The molecule has 1 aliphatic rings. The highest BCUT2D eigenvalue weighted by Crippen LogP contribution is 2.39. The van der Waals surface area contributed by atoms with Crippen molar-refractivity contribution in [3.63, 3.8) is 0 Å². The van der Waals surface area contributed by atoms with E-state index in [0.29, 0.717) is 0 Å². The summed E-state index contributed by atoms with van der Waals surface area (Å²) in [4.78, 5) is 36.8. The Kier molecular flexibility index (Phi) is 4.84. The van der Waals surface area contributed by atoms with Crippen LogP contribution in [0.1, 0.15) is 37.4 Å². The zero-order valence-electron chi connectivity index (χ0n) is 14.7. The smallest absolute Gasteiger partial charge is 0.490 e. The number of ether oxygens (including phenoxy) is 3. The fourth-order valence-electron chi connectivity index (χ4n) is 3.01. The van der Waals surface area contributed by atoms with Gasteiger partial charge in [-0.3, -0.25) is 9.59 Å². The summed E-state index contributed by atoms with van der Waals surface area (Å²) in [6.45, 7) is -0.783. The number of esters is 1. The summed E-state index contributed by atoms with van der Waals surface area (Å²) in [5, 5.41) is 0. The number of halogens is 3. The van der Waals surface area contributed by atoms with Gasteiger partial charge in [-0.05, 0) is 12.1 Å². The van der Waals surface area contributed by atoms with Gasteiger partial charge < -0.3 is 14.2 Å². The first-order chi connectivity index (χ1) is 13.2. The summed E-state index contributed by atoms with van der Waals surface area (Å²) < 4.78 is 51.6. The molecule has 0 fully saturated rings. The van der Waals surface area contributed by atoms with Crippen molar-refractivity contribution in [2.45, 2.75) is 12.8 Å². The van der Waals surface area contributed by atoms with E-state index in [1.54, 1.807) is 6.07 Å². The van der Waals surface area contributed by atoms with Gasteiger partial charge in [0.1, 0.15) is 18.1 Å². The largest absolute Gasteiger partial charge is 0.496 e. The Labute approximate surface area is 156 Å². The first-order valence-electron chi connectivity index (χ1n) is 7.91. The molecule has 146 valence electrons. The average molecular weight is 394 g/mol. The van der Waals surface area contributed by atoms with Gasteiger partial charge in [0.15, 0.2) is 5.78 Å². The van der Waals surface area contributed by atoms with Crippen molar-refractivity contribution in [1.29, 1.82) is 0 Å². The monoisotopic (exact) mass is 394 g/mol. The fourth-order valence-corrected chi connectivity index (χ4v) is 3.01. The molecule has 2 aromatic rings. The van der Waals surface area contributed by atoms with Crippen molar-refractivity contribution in [3.05, 3.63) is 58.1 Å². The molecule has 0 aliphatic heterocycles. The van der Waals surface area contributed by atoms with E-state index in [0.717, 1.165) is 0 Å². The van der Waals surface area contributed by atoms with Gasteiger partial charge in [0.2, 0.25) is 5.78 Å². The number of fused-ring (bicyclic) bond motifs is 2. The standard InChI is InChI=1S/C19H13F3O6/c1-26-12-5-3-4-10-13(12)16(24)14-11(15(10)23)7-6-9(17(14)27-2)8-28-18(25)19(20,21)22/h3-7H,8H2,1-2H3. The van der Waals surface area contributed by atoms with Crippen molar-refractivity contribution in [1.82, 2.24) is 0 Å². The second-order valence-electron chi connectivity index (χ2n) is 5.80. The molecule has 28 heavy (non-hydrogen) atoms. The normalized spacial score (nSPS) is 12.9. The Bertz CT molecular complexity index is 994. The summed E-state index contributed by atoms with van der Waals surface area (Å²) >= 11 is 0. The van der Waals surface area contributed by atoms with E-state index in [-0.39, 0.29) is 39.3 Å². The van der Waals surface area contributed by atoms with Gasteiger partial charge in [-0.1, -0.05) is 18.2 Å². The lowest BCUT2D eigenvalue weighted by atomic mass is 9.82. The highest BCUT2D eigenvalue weighted by Gasteiger charge is 2.41. The molecule has 0 saturated heterocycles. The maximum absolute atomic E-state index is 13.1. The van der Waals surface area contributed by atoms with Crippen LogP contribution < -0.4 is 9.47 Å². The highest BCUT2D eigenvalue weighted by molar-refractivity contribution is 6.30. The summed E-state index contributed by atoms with van der Waals surface area (Å²) in [7, 11) is 2.54. The molecule has 3 rings (SSSR count). The molecule has 0 amide bonds. The predicted molar refractivity (Wildman–Crippen MR) is 88.7 cm³/mol. The molecule has 0 N–H and O–H groups in total. The molecule has 0 spiro atoms. The third-order valence-electron chi connectivity index (χ3n) is 4.22. The Morgan fingerprint density at radius 2 is 1.61 bits per heavy atom. The lowest BCUT2D eigenvalue weighted by molar-refractivity contribution is -0.201. The summed E-state index contributed by atoms with van der Waals surface area (Å²) in [6, 6.07) is 7.12. The Hall–Kier alpha value is -3.36. The molecule has 0 aromatic heterocycles. The van der Waals surface area contributed by atoms with E-state index in [9.17, 15) is 27.6 Å². The number of carbonyl (C=O) groups excluding carboxylic acids is 3. The summed E-state index contributed by atoms with van der Waals surface area (Å²) in [5.74, 6) is -3.37. The molecule has 2 aromatic carbocycles. The van der Waals surface area contributed by atoms with Gasteiger partial charge in [0.05, 0.1) is 25.3 Å². The third kappa shape index (κ3) is 3.08. The van der Waals surface area contributed by atoms with Crippen LogP contribution in [0.4, 0.5) is 13.2 Å². The average Bonchev–Trinajstić information content (AvgIpc) is 2.67. The lowest BCUT2D eigenvalue weighted by Crippen LogP contribution is -2.26. The second-order valence-corrected chi connectivity index (χ2v) is 5.80. The van der Waals surface area contributed by atoms with Crippen LogP contribution in [0.2, 0.25) is 0 Å². The minimum Gasteiger partial charge on any atom is -0.496 e. The van der Waals surface area contributed by atoms with Gasteiger partial charge in [0, 0.05) is 16.7 Å². The molecule has 1 aliphatic carbocycles. The van der Waals surface area contributed by atoms with Gasteiger partial charge >= 0.3 is 12.1 Å². The first kappa shape index (κ1) is 19.4. The molecular weight excluding hydrogens is 381 g/mol. The Morgan fingerprint density at radius 1 is 0.929 bits per heavy atom. The van der Waals surface area contributed by atoms with Crippen molar-refractivity contribution in [2.24, 2.45) is 0 Å². The quantitative estimate of drug-likeness (QED) is 0.633. The number of benzene rings is 2. The molecular formula is C19H13F3O6. The number of alkyl halides is 3. The van der Waals surface area contributed by atoms with Gasteiger partial charge in [-0.15, -0.1) is 0 Å². The molecule has 0 saturated carbocycles. The van der Waals surface area contributed by atoms with E-state index in [1.165, 1.54) is 38.5 Å². The van der Waals surface area contributed by atoms with Crippen molar-refractivity contribution >= 4 is 17.5 Å². The minimum absolute atomic E-state index is 0.0124. The van der Waals surface area contributed by atoms with E-state index >= 15 is 0 Å². The lowest BCUT2D eigenvalue weighted by Gasteiger charge is -2.22. The fraction of sp³-hybridized carbons (Fsp3) is 0.211. The van der Waals surface area contributed by atoms with Crippen LogP contribution in [0.5, 0.6) is 11.5 Å². The topological polar surface area (TPSA) is 78.9 Å². The van der Waals surface area contributed by atoms with Crippen LogP contribution in [0.25, 0.3) is 0 Å². The van der Waals surface area contributed by atoms with E-state index in [2.05, 4.69) is 4.74 Å². The molecule has 0 radical (unpaired) electrons. The van der Waals surface area contributed by atoms with Crippen molar-refractivity contribution < 1.29 is 41.8 Å².